The smallest absolute Gasteiger partial charge is 0.123 e. The van der Waals surface area contributed by atoms with Crippen LogP contribution < -0.4 is 14.8 Å². The Hall–Kier alpha value is -1.26. The highest BCUT2D eigenvalue weighted by atomic mass is 16.5. The predicted octanol–water partition coefficient (Wildman–Crippen LogP) is 2.78. The molecule has 1 rings (SSSR count). The third kappa shape index (κ3) is 4.73. The van der Waals surface area contributed by atoms with E-state index in [0.29, 0.717) is 6.61 Å². The highest BCUT2D eigenvalue weighted by Crippen LogP contribution is 2.29. The normalized spacial score (nSPS) is 12.2. The van der Waals surface area contributed by atoms with Crippen LogP contribution in [0.25, 0.3) is 0 Å². The first kappa shape index (κ1) is 15.8. The molecule has 0 bridgehead atoms. The summed E-state index contributed by atoms with van der Waals surface area (Å²) in [5.74, 6) is 1.67. The number of hydrogen-bond acceptors (Lipinski definition) is 4. The fourth-order valence-corrected chi connectivity index (χ4v) is 1.89. The molecule has 0 aliphatic rings. The van der Waals surface area contributed by atoms with E-state index >= 15 is 0 Å². The van der Waals surface area contributed by atoms with E-state index in [9.17, 15) is 0 Å². The van der Waals surface area contributed by atoms with E-state index in [1.165, 1.54) is 0 Å². The van der Waals surface area contributed by atoms with Crippen molar-refractivity contribution in [2.45, 2.75) is 25.8 Å². The molecule has 108 valence electrons. The molecule has 0 fully saturated rings. The van der Waals surface area contributed by atoms with Gasteiger partial charge in [-0.1, -0.05) is 13.3 Å². The van der Waals surface area contributed by atoms with E-state index in [1.807, 2.05) is 25.2 Å². The molecule has 0 aromatic heterocycles. The maximum atomic E-state index is 5.70. The maximum Gasteiger partial charge on any atom is 0.123 e. The standard InChI is InChI=1S/C15H25NO3/c1-5-6-9-19-11-14(16-2)13-10-12(17-3)7-8-15(13)18-4/h7-8,10,14,16H,5-6,9,11H2,1-4H3. The Morgan fingerprint density at radius 1 is 1.21 bits per heavy atom. The summed E-state index contributed by atoms with van der Waals surface area (Å²) in [5.41, 5.74) is 1.06. The van der Waals surface area contributed by atoms with Crippen molar-refractivity contribution in [3.63, 3.8) is 0 Å². The van der Waals surface area contributed by atoms with Crippen LogP contribution in [-0.4, -0.2) is 34.5 Å². The maximum absolute atomic E-state index is 5.70. The molecule has 0 aliphatic carbocycles. The van der Waals surface area contributed by atoms with Gasteiger partial charge in [0.1, 0.15) is 11.5 Å². The van der Waals surface area contributed by atoms with Crippen molar-refractivity contribution < 1.29 is 14.2 Å². The lowest BCUT2D eigenvalue weighted by Gasteiger charge is -2.20. The Labute approximate surface area is 116 Å². The van der Waals surface area contributed by atoms with E-state index in [2.05, 4.69) is 12.2 Å². The molecule has 0 saturated carbocycles. The highest BCUT2D eigenvalue weighted by Gasteiger charge is 2.15. The minimum atomic E-state index is 0.0990. The third-order valence-electron chi connectivity index (χ3n) is 3.09. The molecular weight excluding hydrogens is 242 g/mol. The predicted molar refractivity (Wildman–Crippen MR) is 77.1 cm³/mol. The van der Waals surface area contributed by atoms with E-state index in [0.717, 1.165) is 36.5 Å². The lowest BCUT2D eigenvalue weighted by Crippen LogP contribution is -2.22. The molecule has 0 spiro atoms. The second-order valence-electron chi connectivity index (χ2n) is 4.38. The summed E-state index contributed by atoms with van der Waals surface area (Å²) in [5, 5.41) is 3.26. The Kier molecular flexibility index (Phi) is 7.30. The first-order chi connectivity index (χ1) is 9.26. The van der Waals surface area contributed by atoms with Crippen molar-refractivity contribution in [2.24, 2.45) is 0 Å². The molecule has 1 aromatic carbocycles. The Bertz CT molecular complexity index is 368. The fraction of sp³-hybridized carbons (Fsp3) is 0.600. The lowest BCUT2D eigenvalue weighted by atomic mass is 10.1. The van der Waals surface area contributed by atoms with Crippen LogP contribution in [-0.2, 0) is 4.74 Å². The number of unbranched alkanes of at least 4 members (excludes halogenated alkanes) is 1. The second-order valence-corrected chi connectivity index (χ2v) is 4.38. The molecule has 0 heterocycles. The molecule has 0 amide bonds. The number of rotatable bonds is 9. The molecule has 0 aliphatic heterocycles. The van der Waals surface area contributed by atoms with E-state index in [4.69, 9.17) is 14.2 Å². The van der Waals surface area contributed by atoms with Gasteiger partial charge in [0.25, 0.3) is 0 Å². The largest absolute Gasteiger partial charge is 0.497 e. The number of hydrogen-bond donors (Lipinski definition) is 1. The van der Waals surface area contributed by atoms with Gasteiger partial charge in [-0.25, -0.2) is 0 Å². The van der Waals surface area contributed by atoms with Gasteiger partial charge >= 0.3 is 0 Å². The van der Waals surface area contributed by atoms with Crippen LogP contribution in [0, 0.1) is 0 Å². The Balaban J connectivity index is 2.77. The molecule has 0 saturated heterocycles. The molecule has 19 heavy (non-hydrogen) atoms. The second kappa shape index (κ2) is 8.77. The molecule has 0 radical (unpaired) electrons. The first-order valence-electron chi connectivity index (χ1n) is 6.73. The Morgan fingerprint density at radius 2 is 2.00 bits per heavy atom. The van der Waals surface area contributed by atoms with Crippen LogP contribution in [0.15, 0.2) is 18.2 Å². The summed E-state index contributed by atoms with van der Waals surface area (Å²) in [6.07, 6.45) is 2.23. The van der Waals surface area contributed by atoms with Crippen molar-refractivity contribution in [1.29, 1.82) is 0 Å². The zero-order chi connectivity index (χ0) is 14.1. The average Bonchev–Trinajstić information content (AvgIpc) is 2.47. The summed E-state index contributed by atoms with van der Waals surface area (Å²) in [4.78, 5) is 0. The van der Waals surface area contributed by atoms with Gasteiger partial charge in [-0.05, 0) is 31.7 Å². The average molecular weight is 267 g/mol. The number of ether oxygens (including phenoxy) is 3. The molecule has 1 atom stereocenters. The van der Waals surface area contributed by atoms with Gasteiger partial charge in [0, 0.05) is 12.2 Å². The van der Waals surface area contributed by atoms with E-state index in [-0.39, 0.29) is 6.04 Å². The minimum absolute atomic E-state index is 0.0990. The van der Waals surface area contributed by atoms with Gasteiger partial charge in [-0.2, -0.15) is 0 Å². The zero-order valence-electron chi connectivity index (χ0n) is 12.4. The quantitative estimate of drug-likeness (QED) is 0.698. The third-order valence-corrected chi connectivity index (χ3v) is 3.09. The van der Waals surface area contributed by atoms with Crippen LogP contribution >= 0.6 is 0 Å². The first-order valence-corrected chi connectivity index (χ1v) is 6.73. The van der Waals surface area contributed by atoms with Crippen molar-refractivity contribution in [1.82, 2.24) is 5.32 Å². The summed E-state index contributed by atoms with van der Waals surface area (Å²) >= 11 is 0. The van der Waals surface area contributed by atoms with Crippen molar-refractivity contribution in [3.8, 4) is 11.5 Å². The molecule has 1 N–H and O–H groups in total. The van der Waals surface area contributed by atoms with Gasteiger partial charge in [-0.15, -0.1) is 0 Å². The van der Waals surface area contributed by atoms with Crippen LogP contribution in [0.4, 0.5) is 0 Å². The number of benzene rings is 1. The number of methoxy groups -OCH3 is 2. The monoisotopic (exact) mass is 267 g/mol. The molecule has 4 heteroatoms. The SMILES string of the molecule is CCCCOCC(NC)c1cc(OC)ccc1OC. The van der Waals surface area contributed by atoms with Gasteiger partial charge < -0.3 is 19.5 Å². The van der Waals surface area contributed by atoms with Crippen molar-refractivity contribution in [3.05, 3.63) is 23.8 Å². The summed E-state index contributed by atoms with van der Waals surface area (Å²) in [6, 6.07) is 5.91. The van der Waals surface area contributed by atoms with Crippen LogP contribution in [0.1, 0.15) is 31.4 Å². The zero-order valence-corrected chi connectivity index (χ0v) is 12.4. The van der Waals surface area contributed by atoms with Gasteiger partial charge in [0.2, 0.25) is 0 Å². The van der Waals surface area contributed by atoms with Gasteiger partial charge in [-0.3, -0.25) is 0 Å². The fourth-order valence-electron chi connectivity index (χ4n) is 1.89. The molecular formula is C15H25NO3. The van der Waals surface area contributed by atoms with Crippen LogP contribution in [0.3, 0.4) is 0 Å². The van der Waals surface area contributed by atoms with Crippen molar-refractivity contribution >= 4 is 0 Å². The minimum Gasteiger partial charge on any atom is -0.497 e. The summed E-state index contributed by atoms with van der Waals surface area (Å²) in [7, 11) is 5.26. The Morgan fingerprint density at radius 3 is 2.58 bits per heavy atom. The van der Waals surface area contributed by atoms with Crippen molar-refractivity contribution in [2.75, 3.05) is 34.5 Å². The van der Waals surface area contributed by atoms with Gasteiger partial charge in [0.05, 0.1) is 26.9 Å². The molecule has 1 unspecified atom stereocenters. The van der Waals surface area contributed by atoms with Crippen LogP contribution in [0.2, 0.25) is 0 Å². The van der Waals surface area contributed by atoms with Crippen LogP contribution in [0.5, 0.6) is 11.5 Å². The highest BCUT2D eigenvalue weighted by molar-refractivity contribution is 5.42. The number of nitrogens with one attached hydrogen (secondary N) is 1. The number of likely N-dealkylation sites (N-methyl/N-ethyl adjacent to an activating group) is 1. The van der Waals surface area contributed by atoms with E-state index in [1.54, 1.807) is 14.2 Å². The summed E-state index contributed by atoms with van der Waals surface area (Å²) < 4.78 is 16.4. The summed E-state index contributed by atoms with van der Waals surface area (Å²) in [6.45, 7) is 3.57. The molecule has 1 aromatic rings. The van der Waals surface area contributed by atoms with E-state index < -0.39 is 0 Å². The molecule has 4 nitrogen and oxygen atoms in total. The topological polar surface area (TPSA) is 39.7 Å². The lowest BCUT2D eigenvalue weighted by molar-refractivity contribution is 0.110. The van der Waals surface area contributed by atoms with Gasteiger partial charge in [0.15, 0.2) is 0 Å².